The minimum atomic E-state index is -2.88. The highest BCUT2D eigenvalue weighted by atomic mass is 32.2. The summed E-state index contributed by atoms with van der Waals surface area (Å²) in [5.74, 6) is 0.398. The predicted octanol–water partition coefficient (Wildman–Crippen LogP) is 1.77. The van der Waals surface area contributed by atoms with Crippen molar-refractivity contribution in [2.24, 2.45) is 0 Å². The quantitative estimate of drug-likeness (QED) is 0.703. The van der Waals surface area contributed by atoms with Crippen molar-refractivity contribution >= 4 is 9.84 Å². The van der Waals surface area contributed by atoms with E-state index in [1.54, 1.807) is 6.92 Å². The van der Waals surface area contributed by atoms with Crippen molar-refractivity contribution in [2.45, 2.75) is 46.2 Å². The van der Waals surface area contributed by atoms with Crippen LogP contribution in [0.3, 0.4) is 0 Å². The maximum Gasteiger partial charge on any atom is 0.151 e. The number of nitrogens with one attached hydrogen (secondary N) is 1. The summed E-state index contributed by atoms with van der Waals surface area (Å²) in [5.41, 5.74) is 0.959. The van der Waals surface area contributed by atoms with Crippen molar-refractivity contribution in [3.05, 3.63) is 18.0 Å². The van der Waals surface area contributed by atoms with Crippen LogP contribution in [0.15, 0.2) is 12.3 Å². The molecule has 0 unspecified atom stereocenters. The van der Waals surface area contributed by atoms with Crippen molar-refractivity contribution in [3.8, 4) is 0 Å². The fraction of sp³-hybridized carbons (Fsp3) is 0.769. The molecule has 1 aromatic rings. The molecule has 110 valence electrons. The fourth-order valence-corrected chi connectivity index (χ4v) is 2.67. The molecule has 1 aromatic heterocycles. The van der Waals surface area contributed by atoms with Gasteiger partial charge in [-0.25, -0.2) is 8.42 Å². The van der Waals surface area contributed by atoms with Crippen LogP contribution >= 0.6 is 0 Å². The topological polar surface area (TPSA) is 64.0 Å². The van der Waals surface area contributed by atoms with Crippen molar-refractivity contribution in [3.63, 3.8) is 0 Å². The van der Waals surface area contributed by atoms with Crippen LogP contribution in [0.25, 0.3) is 0 Å². The summed E-state index contributed by atoms with van der Waals surface area (Å²) in [5, 5.41) is 7.64. The van der Waals surface area contributed by atoms with Gasteiger partial charge in [-0.3, -0.25) is 4.68 Å². The van der Waals surface area contributed by atoms with Gasteiger partial charge in [-0.1, -0.05) is 20.8 Å². The SMILES string of the molecule is CCC(CC)n1ccc(CNCCS(=O)(=O)CC)n1. The summed E-state index contributed by atoms with van der Waals surface area (Å²) >= 11 is 0. The highest BCUT2D eigenvalue weighted by molar-refractivity contribution is 7.91. The molecule has 1 N–H and O–H groups in total. The lowest BCUT2D eigenvalue weighted by atomic mass is 10.2. The second-order valence-corrected chi connectivity index (χ2v) is 7.14. The van der Waals surface area contributed by atoms with Gasteiger partial charge in [0.2, 0.25) is 0 Å². The molecule has 0 aliphatic carbocycles. The Balaban J connectivity index is 2.39. The first-order chi connectivity index (χ1) is 9.02. The largest absolute Gasteiger partial charge is 0.310 e. The van der Waals surface area contributed by atoms with Crippen LogP contribution in [0, 0.1) is 0 Å². The summed E-state index contributed by atoms with van der Waals surface area (Å²) in [7, 11) is -2.88. The maximum atomic E-state index is 11.3. The molecule has 1 rings (SSSR count). The van der Waals surface area contributed by atoms with Crippen LogP contribution in [0.5, 0.6) is 0 Å². The van der Waals surface area contributed by atoms with E-state index in [0.29, 0.717) is 19.1 Å². The van der Waals surface area contributed by atoms with Crippen molar-refractivity contribution in [1.29, 1.82) is 0 Å². The van der Waals surface area contributed by atoms with E-state index >= 15 is 0 Å². The van der Waals surface area contributed by atoms with E-state index in [1.807, 2.05) is 16.9 Å². The molecular formula is C13H25N3O2S. The smallest absolute Gasteiger partial charge is 0.151 e. The van der Waals surface area contributed by atoms with Crippen LogP contribution in [-0.2, 0) is 16.4 Å². The predicted molar refractivity (Wildman–Crippen MR) is 77.9 cm³/mol. The zero-order valence-electron chi connectivity index (χ0n) is 12.1. The molecular weight excluding hydrogens is 262 g/mol. The third-order valence-corrected chi connectivity index (χ3v) is 5.02. The summed E-state index contributed by atoms with van der Waals surface area (Å²) < 4.78 is 24.6. The fourth-order valence-electron chi connectivity index (χ4n) is 1.93. The lowest BCUT2D eigenvalue weighted by molar-refractivity contribution is 0.424. The molecule has 0 saturated heterocycles. The Morgan fingerprint density at radius 1 is 1.32 bits per heavy atom. The van der Waals surface area contributed by atoms with Gasteiger partial charge in [-0.15, -0.1) is 0 Å². The van der Waals surface area contributed by atoms with Crippen LogP contribution < -0.4 is 5.32 Å². The van der Waals surface area contributed by atoms with E-state index in [0.717, 1.165) is 18.5 Å². The number of nitrogens with zero attached hydrogens (tertiary/aromatic N) is 2. The highest BCUT2D eigenvalue weighted by Crippen LogP contribution is 2.14. The second-order valence-electron chi connectivity index (χ2n) is 4.67. The Morgan fingerprint density at radius 3 is 2.58 bits per heavy atom. The van der Waals surface area contributed by atoms with Gasteiger partial charge in [0.1, 0.15) is 0 Å². The van der Waals surface area contributed by atoms with E-state index < -0.39 is 9.84 Å². The van der Waals surface area contributed by atoms with Crippen LogP contribution in [0.1, 0.15) is 45.3 Å². The standard InChI is InChI=1S/C13H25N3O2S/c1-4-13(5-2)16-9-7-12(15-16)11-14-8-10-19(17,18)6-3/h7,9,13-14H,4-6,8,10-11H2,1-3H3. The zero-order chi connectivity index (χ0) is 14.3. The van der Waals surface area contributed by atoms with E-state index in [1.165, 1.54) is 0 Å². The lowest BCUT2D eigenvalue weighted by Crippen LogP contribution is -2.23. The third kappa shape index (κ3) is 5.32. The first kappa shape index (κ1) is 16.2. The Labute approximate surface area is 116 Å². The van der Waals surface area contributed by atoms with Crippen molar-refractivity contribution in [1.82, 2.24) is 15.1 Å². The van der Waals surface area contributed by atoms with Gasteiger partial charge in [-0.05, 0) is 18.9 Å². The molecule has 1 heterocycles. The minimum absolute atomic E-state index is 0.191. The number of hydrogen-bond acceptors (Lipinski definition) is 4. The van der Waals surface area contributed by atoms with E-state index in [-0.39, 0.29) is 11.5 Å². The molecule has 0 amide bonds. The van der Waals surface area contributed by atoms with Crippen LogP contribution in [-0.4, -0.2) is 36.2 Å². The Morgan fingerprint density at radius 2 is 2.00 bits per heavy atom. The van der Waals surface area contributed by atoms with E-state index in [4.69, 9.17) is 0 Å². The number of aromatic nitrogens is 2. The average molecular weight is 287 g/mol. The van der Waals surface area contributed by atoms with Gasteiger partial charge in [0, 0.05) is 25.0 Å². The van der Waals surface area contributed by atoms with E-state index in [2.05, 4.69) is 24.3 Å². The zero-order valence-corrected chi connectivity index (χ0v) is 12.9. The third-order valence-electron chi connectivity index (χ3n) is 3.32. The molecule has 19 heavy (non-hydrogen) atoms. The van der Waals surface area contributed by atoms with Gasteiger partial charge in [0.25, 0.3) is 0 Å². The molecule has 0 bridgehead atoms. The molecule has 0 aliphatic rings. The molecule has 6 heteroatoms. The van der Waals surface area contributed by atoms with Crippen LogP contribution in [0.2, 0.25) is 0 Å². The number of hydrogen-bond donors (Lipinski definition) is 1. The highest BCUT2D eigenvalue weighted by Gasteiger charge is 2.09. The summed E-state index contributed by atoms with van der Waals surface area (Å²) in [4.78, 5) is 0. The van der Waals surface area contributed by atoms with Crippen molar-refractivity contribution < 1.29 is 8.42 Å². The molecule has 0 fully saturated rings. The Hall–Kier alpha value is -0.880. The maximum absolute atomic E-state index is 11.3. The van der Waals surface area contributed by atoms with Gasteiger partial charge in [-0.2, -0.15) is 5.10 Å². The van der Waals surface area contributed by atoms with E-state index in [9.17, 15) is 8.42 Å². The van der Waals surface area contributed by atoms with Crippen molar-refractivity contribution in [2.75, 3.05) is 18.1 Å². The summed E-state index contributed by atoms with van der Waals surface area (Å²) in [6.45, 7) is 7.08. The first-order valence-electron chi connectivity index (χ1n) is 6.97. The summed E-state index contributed by atoms with van der Waals surface area (Å²) in [6, 6.07) is 2.44. The number of rotatable bonds is 9. The Bertz CT molecular complexity index is 464. The monoisotopic (exact) mass is 287 g/mol. The van der Waals surface area contributed by atoms with Gasteiger partial charge in [0.15, 0.2) is 9.84 Å². The van der Waals surface area contributed by atoms with Gasteiger partial charge >= 0.3 is 0 Å². The summed E-state index contributed by atoms with van der Waals surface area (Å²) in [6.07, 6.45) is 4.14. The average Bonchev–Trinajstić information content (AvgIpc) is 2.85. The lowest BCUT2D eigenvalue weighted by Gasteiger charge is -2.12. The Kier molecular flexibility index (Phi) is 6.51. The molecule has 0 saturated carbocycles. The molecule has 5 nitrogen and oxygen atoms in total. The molecule has 0 atom stereocenters. The molecule has 0 aliphatic heterocycles. The molecule has 0 radical (unpaired) electrons. The first-order valence-corrected chi connectivity index (χ1v) is 8.79. The molecule has 0 aromatic carbocycles. The second kappa shape index (κ2) is 7.65. The minimum Gasteiger partial charge on any atom is -0.310 e. The molecule has 0 spiro atoms. The normalized spacial score (nSPS) is 12.2. The van der Waals surface area contributed by atoms with Gasteiger partial charge < -0.3 is 5.32 Å². The number of sulfone groups is 1. The van der Waals surface area contributed by atoms with Gasteiger partial charge in [0.05, 0.1) is 17.5 Å². The van der Waals surface area contributed by atoms with Crippen LogP contribution in [0.4, 0.5) is 0 Å².